The van der Waals surface area contributed by atoms with E-state index in [0.29, 0.717) is 11.5 Å². The van der Waals surface area contributed by atoms with Crippen LogP contribution in [0.15, 0.2) is 0 Å². The highest BCUT2D eigenvalue weighted by atomic mass is 32.2. The van der Waals surface area contributed by atoms with Crippen LogP contribution in [0.1, 0.15) is 13.8 Å². The fourth-order valence-electron chi connectivity index (χ4n) is 0.679. The molecule has 72 valence electrons. The molecule has 0 amide bonds. The predicted molar refractivity (Wildman–Crippen MR) is 62.6 cm³/mol. The summed E-state index contributed by atoms with van der Waals surface area (Å²) in [5.41, 5.74) is 0.271. The normalized spacial score (nSPS) is 14.2. The quantitative estimate of drug-likeness (QED) is 0.496. The lowest BCUT2D eigenvalue weighted by Crippen LogP contribution is -2.11. The molecule has 0 aromatic heterocycles. The van der Waals surface area contributed by atoms with Crippen molar-refractivity contribution in [1.29, 1.82) is 0 Å². The zero-order valence-electron chi connectivity index (χ0n) is 7.95. The SMILES string of the molecule is C#CCSC(C)OC(C)SCC#C. The minimum absolute atomic E-state index is 0.135. The molecule has 0 heterocycles. The van der Waals surface area contributed by atoms with Gasteiger partial charge in [0.05, 0.1) is 11.5 Å². The molecule has 0 radical (unpaired) electrons. The lowest BCUT2D eigenvalue weighted by Gasteiger charge is -2.16. The molecule has 13 heavy (non-hydrogen) atoms. The molecule has 0 aromatic carbocycles. The Kier molecular flexibility index (Phi) is 8.24. The summed E-state index contributed by atoms with van der Waals surface area (Å²) in [6.07, 6.45) is 10.3. The molecule has 0 spiro atoms. The lowest BCUT2D eigenvalue weighted by molar-refractivity contribution is 0.114. The summed E-state index contributed by atoms with van der Waals surface area (Å²) in [5, 5.41) is 0. The van der Waals surface area contributed by atoms with Gasteiger partial charge in [-0.15, -0.1) is 36.4 Å². The first-order chi connectivity index (χ1) is 6.20. The van der Waals surface area contributed by atoms with Crippen LogP contribution in [0, 0.1) is 24.7 Å². The minimum Gasteiger partial charge on any atom is -0.354 e. The largest absolute Gasteiger partial charge is 0.354 e. The molecule has 0 aliphatic rings. The van der Waals surface area contributed by atoms with E-state index in [4.69, 9.17) is 17.6 Å². The van der Waals surface area contributed by atoms with Gasteiger partial charge in [0.2, 0.25) is 0 Å². The Bertz CT molecular complexity index is 180. The van der Waals surface area contributed by atoms with E-state index in [2.05, 4.69) is 11.8 Å². The molecule has 0 rings (SSSR count). The third kappa shape index (κ3) is 8.12. The molecule has 0 aliphatic carbocycles. The highest BCUT2D eigenvalue weighted by molar-refractivity contribution is 8.00. The number of hydrogen-bond donors (Lipinski definition) is 0. The molecule has 0 saturated carbocycles. The Morgan fingerprint density at radius 2 is 1.46 bits per heavy atom. The Labute approximate surface area is 89.4 Å². The zero-order chi connectivity index (χ0) is 10.1. The zero-order valence-corrected chi connectivity index (χ0v) is 9.58. The van der Waals surface area contributed by atoms with Gasteiger partial charge in [-0.25, -0.2) is 0 Å². The van der Waals surface area contributed by atoms with Crippen LogP contribution in [0.2, 0.25) is 0 Å². The van der Waals surface area contributed by atoms with E-state index >= 15 is 0 Å². The highest BCUT2D eigenvalue weighted by Gasteiger charge is 2.07. The molecule has 2 unspecified atom stereocenters. The standard InChI is InChI=1S/C10H14OS2/c1-5-7-12-9(3)11-10(4)13-8-6-2/h1-2,9-10H,7-8H2,3-4H3. The van der Waals surface area contributed by atoms with Crippen molar-refractivity contribution in [2.45, 2.75) is 24.7 Å². The van der Waals surface area contributed by atoms with Crippen LogP contribution in [0.25, 0.3) is 0 Å². The van der Waals surface area contributed by atoms with Gasteiger partial charge in [0, 0.05) is 0 Å². The maximum Gasteiger partial charge on any atom is 0.102 e. The topological polar surface area (TPSA) is 9.23 Å². The molecule has 2 atom stereocenters. The van der Waals surface area contributed by atoms with E-state index < -0.39 is 0 Å². The monoisotopic (exact) mass is 214 g/mol. The smallest absolute Gasteiger partial charge is 0.102 e. The Morgan fingerprint density at radius 3 is 1.77 bits per heavy atom. The maximum absolute atomic E-state index is 5.59. The molecule has 3 heteroatoms. The van der Waals surface area contributed by atoms with Crippen molar-refractivity contribution < 1.29 is 4.74 Å². The molecule has 0 fully saturated rings. The van der Waals surface area contributed by atoms with Gasteiger partial charge in [0.1, 0.15) is 10.9 Å². The first-order valence-electron chi connectivity index (χ1n) is 3.96. The average Bonchev–Trinajstić information content (AvgIpc) is 2.11. The van der Waals surface area contributed by atoms with Gasteiger partial charge in [-0.2, -0.15) is 0 Å². The number of hydrogen-bond acceptors (Lipinski definition) is 3. The van der Waals surface area contributed by atoms with Crippen molar-refractivity contribution in [2.24, 2.45) is 0 Å². The third-order valence-electron chi connectivity index (χ3n) is 1.19. The third-order valence-corrected chi connectivity index (χ3v) is 3.01. The highest BCUT2D eigenvalue weighted by Crippen LogP contribution is 2.18. The molecule has 0 N–H and O–H groups in total. The summed E-state index contributed by atoms with van der Waals surface area (Å²) < 4.78 is 5.59. The first-order valence-corrected chi connectivity index (χ1v) is 6.06. The van der Waals surface area contributed by atoms with Crippen LogP contribution in [0.5, 0.6) is 0 Å². The summed E-state index contributed by atoms with van der Waals surface area (Å²) in [6.45, 7) is 3.99. The second kappa shape index (κ2) is 8.38. The molecular formula is C10H14OS2. The van der Waals surface area contributed by atoms with Crippen LogP contribution in [0.3, 0.4) is 0 Å². The van der Waals surface area contributed by atoms with Gasteiger partial charge in [0.15, 0.2) is 0 Å². The second-order valence-electron chi connectivity index (χ2n) is 2.30. The van der Waals surface area contributed by atoms with Gasteiger partial charge in [0.25, 0.3) is 0 Å². The number of thioether (sulfide) groups is 2. The molecular weight excluding hydrogens is 200 g/mol. The van der Waals surface area contributed by atoms with Gasteiger partial charge < -0.3 is 4.74 Å². The Morgan fingerprint density at radius 1 is 1.08 bits per heavy atom. The van der Waals surface area contributed by atoms with E-state index in [9.17, 15) is 0 Å². The molecule has 0 aromatic rings. The van der Waals surface area contributed by atoms with Gasteiger partial charge in [-0.3, -0.25) is 0 Å². The van der Waals surface area contributed by atoms with E-state index in [-0.39, 0.29) is 10.9 Å². The first kappa shape index (κ1) is 12.8. The Hall–Kier alpha value is -0.220. The van der Waals surface area contributed by atoms with Crippen LogP contribution in [-0.4, -0.2) is 22.4 Å². The van der Waals surface area contributed by atoms with Gasteiger partial charge in [-0.1, -0.05) is 11.8 Å². The molecule has 0 aliphatic heterocycles. The van der Waals surface area contributed by atoms with Crippen LogP contribution >= 0.6 is 23.5 Å². The fourth-order valence-corrected chi connectivity index (χ4v) is 1.90. The second-order valence-corrected chi connectivity index (χ2v) is 4.87. The summed E-state index contributed by atoms with van der Waals surface area (Å²) in [5.74, 6) is 6.49. The maximum atomic E-state index is 5.59. The summed E-state index contributed by atoms with van der Waals surface area (Å²) in [4.78, 5) is 0. The molecule has 0 saturated heterocycles. The van der Waals surface area contributed by atoms with Crippen molar-refractivity contribution in [1.82, 2.24) is 0 Å². The van der Waals surface area contributed by atoms with Crippen LogP contribution in [-0.2, 0) is 4.74 Å². The predicted octanol–water partition coefficient (Wildman–Crippen LogP) is 2.43. The number of ether oxygens (including phenoxy) is 1. The van der Waals surface area contributed by atoms with E-state index in [0.717, 1.165) is 0 Å². The van der Waals surface area contributed by atoms with E-state index in [1.807, 2.05) is 13.8 Å². The number of terminal acetylenes is 2. The molecule has 0 bridgehead atoms. The van der Waals surface area contributed by atoms with Crippen molar-refractivity contribution in [2.75, 3.05) is 11.5 Å². The van der Waals surface area contributed by atoms with Crippen molar-refractivity contribution in [3.63, 3.8) is 0 Å². The summed E-state index contributed by atoms with van der Waals surface area (Å²) in [7, 11) is 0. The number of rotatable bonds is 6. The fraction of sp³-hybridized carbons (Fsp3) is 0.600. The van der Waals surface area contributed by atoms with Crippen LogP contribution < -0.4 is 0 Å². The van der Waals surface area contributed by atoms with Crippen molar-refractivity contribution in [3.8, 4) is 24.7 Å². The van der Waals surface area contributed by atoms with Crippen molar-refractivity contribution >= 4 is 23.5 Å². The van der Waals surface area contributed by atoms with Crippen molar-refractivity contribution in [3.05, 3.63) is 0 Å². The van der Waals surface area contributed by atoms with E-state index in [1.54, 1.807) is 23.5 Å². The van der Waals surface area contributed by atoms with Crippen LogP contribution in [0.4, 0.5) is 0 Å². The summed E-state index contributed by atoms with van der Waals surface area (Å²) in [6, 6.07) is 0. The van der Waals surface area contributed by atoms with Gasteiger partial charge >= 0.3 is 0 Å². The van der Waals surface area contributed by atoms with Gasteiger partial charge in [-0.05, 0) is 13.8 Å². The molecule has 1 nitrogen and oxygen atoms in total. The Balaban J connectivity index is 3.48. The average molecular weight is 214 g/mol. The minimum atomic E-state index is 0.135. The lowest BCUT2D eigenvalue weighted by atomic mass is 10.8. The van der Waals surface area contributed by atoms with E-state index in [1.165, 1.54) is 0 Å². The summed E-state index contributed by atoms with van der Waals surface area (Å²) >= 11 is 3.23.